The molecule has 0 radical (unpaired) electrons. The third-order valence-electron chi connectivity index (χ3n) is 2.81. The van der Waals surface area contributed by atoms with E-state index in [1.807, 2.05) is 19.1 Å². The first-order valence-corrected chi connectivity index (χ1v) is 7.88. The maximum atomic E-state index is 5.98. The Morgan fingerprint density at radius 1 is 1.14 bits per heavy atom. The number of benzene rings is 1. The molecule has 0 aromatic heterocycles. The van der Waals surface area contributed by atoms with Crippen LogP contribution >= 0.6 is 23.2 Å². The van der Waals surface area contributed by atoms with Crippen molar-refractivity contribution < 1.29 is 4.74 Å². The number of nitrogens with zero attached hydrogens (tertiary/aromatic N) is 1. The van der Waals surface area contributed by atoms with Gasteiger partial charge in [0.25, 0.3) is 0 Å². The molecule has 2 N–H and O–H groups in total. The van der Waals surface area contributed by atoms with Gasteiger partial charge in [0.2, 0.25) is 0 Å². The van der Waals surface area contributed by atoms with Crippen molar-refractivity contribution >= 4 is 29.2 Å². The van der Waals surface area contributed by atoms with Crippen LogP contribution in [0, 0.1) is 0 Å². The largest absolute Gasteiger partial charge is 0.382 e. The number of aliphatic imine (C=N–C) groups is 1. The van der Waals surface area contributed by atoms with Gasteiger partial charge in [-0.1, -0.05) is 23.2 Å². The van der Waals surface area contributed by atoms with Crippen LogP contribution in [-0.4, -0.2) is 39.3 Å². The third-order valence-corrected chi connectivity index (χ3v) is 3.25. The maximum Gasteiger partial charge on any atom is 0.190 e. The first kappa shape index (κ1) is 18.1. The van der Waals surface area contributed by atoms with Gasteiger partial charge in [0.1, 0.15) is 0 Å². The van der Waals surface area contributed by atoms with Gasteiger partial charge in [-0.3, -0.25) is 4.99 Å². The fourth-order valence-corrected chi connectivity index (χ4v) is 2.40. The van der Waals surface area contributed by atoms with Crippen LogP contribution in [0.25, 0.3) is 0 Å². The van der Waals surface area contributed by atoms with Gasteiger partial charge >= 0.3 is 0 Å². The topological polar surface area (TPSA) is 45.6 Å². The lowest BCUT2D eigenvalue weighted by molar-refractivity contribution is 0.145. The fraction of sp³-hybridized carbons (Fsp3) is 0.533. The van der Waals surface area contributed by atoms with Crippen LogP contribution in [0.15, 0.2) is 23.2 Å². The highest BCUT2D eigenvalue weighted by Crippen LogP contribution is 2.19. The van der Waals surface area contributed by atoms with Crippen molar-refractivity contribution in [3.8, 4) is 0 Å². The number of nitrogens with one attached hydrogen (secondary N) is 2. The van der Waals surface area contributed by atoms with E-state index in [4.69, 9.17) is 27.9 Å². The van der Waals surface area contributed by atoms with Gasteiger partial charge in [-0.25, -0.2) is 0 Å². The highest BCUT2D eigenvalue weighted by Gasteiger charge is 2.00. The van der Waals surface area contributed by atoms with E-state index in [2.05, 4.69) is 15.6 Å². The molecular formula is C15H23Cl2N3O. The van der Waals surface area contributed by atoms with Crippen LogP contribution in [0.2, 0.25) is 10.0 Å². The zero-order valence-electron chi connectivity index (χ0n) is 12.6. The van der Waals surface area contributed by atoms with Crippen LogP contribution in [0.1, 0.15) is 18.9 Å². The summed E-state index contributed by atoms with van der Waals surface area (Å²) < 4.78 is 5.29. The van der Waals surface area contributed by atoms with Crippen molar-refractivity contribution in [2.75, 3.05) is 33.4 Å². The molecule has 0 fully saturated rings. The molecule has 0 aliphatic rings. The van der Waals surface area contributed by atoms with Gasteiger partial charge in [0.15, 0.2) is 5.96 Å². The first-order chi connectivity index (χ1) is 10.2. The molecule has 0 aliphatic heterocycles. The molecular weight excluding hydrogens is 309 g/mol. The average Bonchev–Trinajstić information content (AvgIpc) is 2.44. The highest BCUT2D eigenvalue weighted by molar-refractivity contribution is 6.34. The summed E-state index contributed by atoms with van der Waals surface area (Å²) >= 11 is 12.0. The van der Waals surface area contributed by atoms with E-state index in [1.54, 1.807) is 13.1 Å². The minimum absolute atomic E-state index is 0.663. The SMILES string of the molecule is CCOCCCNC(=NC)NCCc1cc(Cl)cc(Cl)c1. The van der Waals surface area contributed by atoms with E-state index in [1.165, 1.54) is 0 Å². The molecule has 0 aliphatic carbocycles. The maximum absolute atomic E-state index is 5.98. The zero-order chi connectivity index (χ0) is 15.5. The Labute approximate surface area is 136 Å². The molecule has 0 bridgehead atoms. The summed E-state index contributed by atoms with van der Waals surface area (Å²) in [7, 11) is 1.76. The van der Waals surface area contributed by atoms with Gasteiger partial charge in [-0.15, -0.1) is 0 Å². The molecule has 1 rings (SSSR count). The van der Waals surface area contributed by atoms with Gasteiger partial charge in [0, 0.05) is 43.4 Å². The molecule has 0 saturated heterocycles. The minimum atomic E-state index is 0.663. The van der Waals surface area contributed by atoms with Crippen LogP contribution < -0.4 is 10.6 Å². The second-order valence-corrected chi connectivity index (χ2v) is 5.38. The van der Waals surface area contributed by atoms with E-state index in [-0.39, 0.29) is 0 Å². The third kappa shape index (κ3) is 8.15. The smallest absolute Gasteiger partial charge is 0.190 e. The summed E-state index contributed by atoms with van der Waals surface area (Å²) in [6.45, 7) is 5.12. The monoisotopic (exact) mass is 331 g/mol. The Morgan fingerprint density at radius 2 is 1.81 bits per heavy atom. The van der Waals surface area contributed by atoms with Crippen LogP contribution in [0.3, 0.4) is 0 Å². The predicted octanol–water partition coefficient (Wildman–Crippen LogP) is 3.13. The molecule has 21 heavy (non-hydrogen) atoms. The molecule has 0 heterocycles. The summed E-state index contributed by atoms with van der Waals surface area (Å²) in [4.78, 5) is 4.17. The number of rotatable bonds is 8. The van der Waals surface area contributed by atoms with Crippen LogP contribution in [0.4, 0.5) is 0 Å². The van der Waals surface area contributed by atoms with E-state index >= 15 is 0 Å². The lowest BCUT2D eigenvalue weighted by Gasteiger charge is -2.12. The van der Waals surface area contributed by atoms with Crippen molar-refractivity contribution in [1.82, 2.24) is 10.6 Å². The Kier molecular flexibility index (Phi) is 9.22. The molecule has 0 atom stereocenters. The quantitative estimate of drug-likeness (QED) is 0.437. The van der Waals surface area contributed by atoms with Crippen LogP contribution in [-0.2, 0) is 11.2 Å². The lowest BCUT2D eigenvalue weighted by Crippen LogP contribution is -2.39. The number of guanidine groups is 1. The van der Waals surface area contributed by atoms with E-state index in [0.29, 0.717) is 10.0 Å². The fourth-order valence-electron chi connectivity index (χ4n) is 1.83. The number of ether oxygens (including phenoxy) is 1. The second kappa shape index (κ2) is 10.7. The number of hydrogen-bond donors (Lipinski definition) is 2. The van der Waals surface area contributed by atoms with Crippen molar-refractivity contribution in [2.24, 2.45) is 4.99 Å². The van der Waals surface area contributed by atoms with Gasteiger partial charge in [0.05, 0.1) is 0 Å². The van der Waals surface area contributed by atoms with Crippen molar-refractivity contribution in [3.05, 3.63) is 33.8 Å². The van der Waals surface area contributed by atoms with Gasteiger partial charge in [-0.2, -0.15) is 0 Å². The van der Waals surface area contributed by atoms with E-state index in [9.17, 15) is 0 Å². The Morgan fingerprint density at radius 3 is 2.43 bits per heavy atom. The predicted molar refractivity (Wildman–Crippen MR) is 90.6 cm³/mol. The highest BCUT2D eigenvalue weighted by atomic mass is 35.5. The molecule has 6 heteroatoms. The summed E-state index contributed by atoms with van der Waals surface area (Å²) in [5.41, 5.74) is 1.10. The molecule has 1 aromatic carbocycles. The summed E-state index contributed by atoms with van der Waals surface area (Å²) in [5.74, 6) is 0.791. The van der Waals surface area contributed by atoms with Gasteiger partial charge < -0.3 is 15.4 Å². The van der Waals surface area contributed by atoms with E-state index in [0.717, 1.165) is 50.7 Å². The Bertz CT molecular complexity index is 432. The molecule has 4 nitrogen and oxygen atoms in total. The van der Waals surface area contributed by atoms with Crippen LogP contribution in [0.5, 0.6) is 0 Å². The molecule has 0 amide bonds. The average molecular weight is 332 g/mol. The summed E-state index contributed by atoms with van der Waals surface area (Å²) in [6, 6.07) is 5.58. The zero-order valence-corrected chi connectivity index (χ0v) is 14.1. The minimum Gasteiger partial charge on any atom is -0.382 e. The molecule has 1 aromatic rings. The molecule has 118 valence electrons. The van der Waals surface area contributed by atoms with E-state index < -0.39 is 0 Å². The van der Waals surface area contributed by atoms with Gasteiger partial charge in [-0.05, 0) is 43.5 Å². The number of halogens is 2. The lowest BCUT2D eigenvalue weighted by atomic mass is 10.1. The molecule has 0 saturated carbocycles. The molecule has 0 spiro atoms. The first-order valence-electron chi connectivity index (χ1n) is 7.13. The number of hydrogen-bond acceptors (Lipinski definition) is 2. The Balaban J connectivity index is 2.25. The second-order valence-electron chi connectivity index (χ2n) is 4.50. The molecule has 0 unspecified atom stereocenters. The van der Waals surface area contributed by atoms with Crippen molar-refractivity contribution in [3.63, 3.8) is 0 Å². The standard InChI is InChI=1S/C15H23Cl2N3O/c1-3-21-8-4-6-19-15(18-2)20-7-5-12-9-13(16)11-14(17)10-12/h9-11H,3-8H2,1-2H3,(H2,18,19,20). The van der Waals surface area contributed by atoms with Crippen molar-refractivity contribution in [2.45, 2.75) is 19.8 Å². The summed E-state index contributed by atoms with van der Waals surface area (Å²) in [5, 5.41) is 7.83. The van der Waals surface area contributed by atoms with Crippen molar-refractivity contribution in [1.29, 1.82) is 0 Å². The normalized spacial score (nSPS) is 11.5. The Hall–Kier alpha value is -0.970. The summed E-state index contributed by atoms with van der Waals surface area (Å²) in [6.07, 6.45) is 1.79.